The number of aromatic amines is 1. The van der Waals surface area contributed by atoms with E-state index in [1.165, 1.54) is 6.20 Å². The molecule has 4 rings (SSSR count). The minimum Gasteiger partial charge on any atom is -0.390 e. The average molecular weight is 413 g/mol. The fourth-order valence-corrected chi connectivity index (χ4v) is 3.32. The van der Waals surface area contributed by atoms with E-state index in [1.807, 2.05) is 43.3 Å². The van der Waals surface area contributed by atoms with Gasteiger partial charge in [0.2, 0.25) is 0 Å². The van der Waals surface area contributed by atoms with Crippen molar-refractivity contribution >= 4 is 22.8 Å². The Morgan fingerprint density at radius 3 is 2.81 bits per heavy atom. The third kappa shape index (κ3) is 4.19. The lowest BCUT2D eigenvalue weighted by atomic mass is 10.1. The number of amides is 2. The first-order chi connectivity index (χ1) is 15.1. The molecular formula is C22H19N7O2. The molecule has 0 spiro atoms. The van der Waals surface area contributed by atoms with E-state index in [9.17, 15) is 9.90 Å². The van der Waals surface area contributed by atoms with Crippen LogP contribution in [0.4, 0.5) is 10.6 Å². The molecule has 3 aromatic heterocycles. The number of nitrogens with one attached hydrogen (secondary N) is 3. The first-order valence-corrected chi connectivity index (χ1v) is 9.57. The Morgan fingerprint density at radius 2 is 2.06 bits per heavy atom. The van der Waals surface area contributed by atoms with Crippen molar-refractivity contribution in [3.8, 4) is 17.3 Å². The SMILES string of the molecule is C[C@@H](NC(=O)Nc1cc2[nH]nc(-c3ccnc(C#N)c3)c2c(CO)n1)c1ccccc1. The first kappa shape index (κ1) is 20.0. The minimum atomic E-state index is -0.417. The smallest absolute Gasteiger partial charge is 0.320 e. The molecule has 0 unspecified atom stereocenters. The molecule has 0 saturated heterocycles. The summed E-state index contributed by atoms with van der Waals surface area (Å²) >= 11 is 0. The van der Waals surface area contributed by atoms with E-state index in [0.717, 1.165) is 5.56 Å². The Hall–Kier alpha value is -4.29. The fourth-order valence-electron chi connectivity index (χ4n) is 3.32. The van der Waals surface area contributed by atoms with Crippen LogP contribution < -0.4 is 10.6 Å². The van der Waals surface area contributed by atoms with Gasteiger partial charge in [-0.05, 0) is 24.6 Å². The summed E-state index contributed by atoms with van der Waals surface area (Å²) in [6.07, 6.45) is 1.52. The zero-order valence-corrected chi connectivity index (χ0v) is 16.6. The van der Waals surface area contributed by atoms with Gasteiger partial charge in [0.15, 0.2) is 0 Å². The summed E-state index contributed by atoms with van der Waals surface area (Å²) in [5.41, 5.74) is 3.39. The lowest BCUT2D eigenvalue weighted by Crippen LogP contribution is -2.31. The van der Waals surface area contributed by atoms with Crippen LogP contribution in [0.1, 0.15) is 29.9 Å². The molecule has 4 N–H and O–H groups in total. The molecule has 2 amide bonds. The summed E-state index contributed by atoms with van der Waals surface area (Å²) in [4.78, 5) is 20.8. The number of anilines is 1. The van der Waals surface area contributed by atoms with Crippen LogP contribution in [0.15, 0.2) is 54.7 Å². The van der Waals surface area contributed by atoms with Crippen molar-refractivity contribution in [1.29, 1.82) is 5.26 Å². The summed E-state index contributed by atoms with van der Waals surface area (Å²) in [6, 6.07) is 16.0. The molecule has 1 aromatic carbocycles. The lowest BCUT2D eigenvalue weighted by molar-refractivity contribution is 0.249. The van der Waals surface area contributed by atoms with E-state index in [1.54, 1.807) is 18.2 Å². The minimum absolute atomic E-state index is 0.193. The number of nitrogens with zero attached hydrogens (tertiary/aromatic N) is 4. The van der Waals surface area contributed by atoms with Gasteiger partial charge in [0.05, 0.1) is 29.2 Å². The topological polar surface area (TPSA) is 140 Å². The van der Waals surface area contributed by atoms with Gasteiger partial charge in [0.25, 0.3) is 0 Å². The van der Waals surface area contributed by atoms with Crippen LogP contribution in [-0.4, -0.2) is 31.3 Å². The number of carbonyl (C=O) groups is 1. The number of aromatic nitrogens is 4. The largest absolute Gasteiger partial charge is 0.390 e. The summed E-state index contributed by atoms with van der Waals surface area (Å²) in [6.45, 7) is 1.53. The lowest BCUT2D eigenvalue weighted by Gasteiger charge is -2.15. The van der Waals surface area contributed by atoms with Crippen LogP contribution in [0.3, 0.4) is 0 Å². The van der Waals surface area contributed by atoms with Crippen LogP contribution in [0.5, 0.6) is 0 Å². The maximum atomic E-state index is 12.4. The van der Waals surface area contributed by atoms with Gasteiger partial charge in [0.1, 0.15) is 23.3 Å². The molecule has 154 valence electrons. The molecule has 0 bridgehead atoms. The molecule has 31 heavy (non-hydrogen) atoms. The van der Waals surface area contributed by atoms with Crippen molar-refractivity contribution in [2.75, 3.05) is 5.32 Å². The van der Waals surface area contributed by atoms with Crippen LogP contribution in [-0.2, 0) is 6.61 Å². The number of aliphatic hydroxyl groups is 1. The Kier molecular flexibility index (Phi) is 5.55. The second-order valence-electron chi connectivity index (χ2n) is 6.88. The third-order valence-electron chi connectivity index (χ3n) is 4.81. The second kappa shape index (κ2) is 8.61. The predicted molar refractivity (Wildman–Crippen MR) is 115 cm³/mol. The Labute approximate surface area is 177 Å². The van der Waals surface area contributed by atoms with Gasteiger partial charge < -0.3 is 10.4 Å². The number of nitriles is 1. The molecular weight excluding hydrogens is 394 g/mol. The molecule has 9 nitrogen and oxygen atoms in total. The number of benzene rings is 1. The molecule has 3 heterocycles. The van der Waals surface area contributed by atoms with E-state index in [-0.39, 0.29) is 24.2 Å². The van der Waals surface area contributed by atoms with Gasteiger partial charge in [0, 0.05) is 17.8 Å². The van der Waals surface area contributed by atoms with Crippen molar-refractivity contribution in [3.05, 3.63) is 71.7 Å². The zero-order valence-electron chi connectivity index (χ0n) is 16.6. The van der Waals surface area contributed by atoms with E-state index >= 15 is 0 Å². The summed E-state index contributed by atoms with van der Waals surface area (Å²) < 4.78 is 0. The van der Waals surface area contributed by atoms with Gasteiger partial charge in [-0.2, -0.15) is 10.4 Å². The van der Waals surface area contributed by atoms with Gasteiger partial charge in [-0.25, -0.2) is 14.8 Å². The van der Waals surface area contributed by atoms with Crippen LogP contribution >= 0.6 is 0 Å². The van der Waals surface area contributed by atoms with Crippen molar-refractivity contribution in [3.63, 3.8) is 0 Å². The predicted octanol–water partition coefficient (Wildman–Crippen LogP) is 3.27. The molecule has 0 saturated carbocycles. The number of hydrogen-bond acceptors (Lipinski definition) is 6. The number of fused-ring (bicyclic) bond motifs is 1. The van der Waals surface area contributed by atoms with Gasteiger partial charge in [-0.3, -0.25) is 10.4 Å². The molecule has 4 aromatic rings. The Morgan fingerprint density at radius 1 is 1.26 bits per heavy atom. The second-order valence-corrected chi connectivity index (χ2v) is 6.88. The monoisotopic (exact) mass is 413 g/mol. The molecule has 0 aliphatic carbocycles. The number of pyridine rings is 2. The Bertz CT molecular complexity index is 1280. The number of H-pyrrole nitrogens is 1. The summed E-state index contributed by atoms with van der Waals surface area (Å²) in [5, 5.41) is 32.4. The highest BCUT2D eigenvalue weighted by Gasteiger charge is 2.17. The average Bonchev–Trinajstić information content (AvgIpc) is 3.23. The molecule has 0 radical (unpaired) electrons. The highest BCUT2D eigenvalue weighted by molar-refractivity contribution is 5.97. The quantitative estimate of drug-likeness (QED) is 0.396. The summed E-state index contributed by atoms with van der Waals surface area (Å²) in [7, 11) is 0. The van der Waals surface area contributed by atoms with Crippen LogP contribution in [0, 0.1) is 11.3 Å². The normalized spacial score (nSPS) is 11.6. The molecule has 0 aliphatic rings. The molecule has 9 heteroatoms. The maximum absolute atomic E-state index is 12.4. The van der Waals surface area contributed by atoms with Crippen molar-refractivity contribution < 1.29 is 9.90 Å². The molecule has 0 aliphatic heterocycles. The number of carbonyl (C=O) groups excluding carboxylic acids is 1. The standard InChI is InChI=1S/C22H19N7O2/c1-13(14-5-3-2-4-6-14)25-22(31)27-19-10-17-20(18(12-30)26-19)21(29-28-17)15-7-8-24-16(9-15)11-23/h2-10,13,30H,12H2,1H3,(H,28,29)(H2,25,26,27,31)/t13-/m1/s1. The molecule has 1 atom stereocenters. The van der Waals surface area contributed by atoms with Crippen molar-refractivity contribution in [1.82, 2.24) is 25.5 Å². The maximum Gasteiger partial charge on any atom is 0.320 e. The van der Waals surface area contributed by atoms with Gasteiger partial charge in [-0.15, -0.1) is 0 Å². The van der Waals surface area contributed by atoms with E-state index in [0.29, 0.717) is 27.9 Å². The third-order valence-corrected chi connectivity index (χ3v) is 4.81. The number of aliphatic hydroxyl groups excluding tert-OH is 1. The highest BCUT2D eigenvalue weighted by Crippen LogP contribution is 2.30. The first-order valence-electron chi connectivity index (χ1n) is 9.57. The summed E-state index contributed by atoms with van der Waals surface area (Å²) in [5.74, 6) is 0.275. The van der Waals surface area contributed by atoms with Crippen molar-refractivity contribution in [2.45, 2.75) is 19.6 Å². The highest BCUT2D eigenvalue weighted by atomic mass is 16.3. The van der Waals surface area contributed by atoms with E-state index < -0.39 is 6.03 Å². The molecule has 0 fully saturated rings. The van der Waals surface area contributed by atoms with Crippen molar-refractivity contribution in [2.24, 2.45) is 0 Å². The van der Waals surface area contributed by atoms with E-state index in [4.69, 9.17) is 5.26 Å². The Balaban J connectivity index is 1.60. The van der Waals surface area contributed by atoms with Crippen LogP contribution in [0.25, 0.3) is 22.2 Å². The van der Waals surface area contributed by atoms with Crippen LogP contribution in [0.2, 0.25) is 0 Å². The number of hydrogen-bond donors (Lipinski definition) is 4. The zero-order chi connectivity index (χ0) is 21.8. The number of urea groups is 1. The van der Waals surface area contributed by atoms with E-state index in [2.05, 4.69) is 30.8 Å². The van der Waals surface area contributed by atoms with Gasteiger partial charge in [-0.1, -0.05) is 30.3 Å². The van der Waals surface area contributed by atoms with Gasteiger partial charge >= 0.3 is 6.03 Å². The number of rotatable bonds is 5. The fraction of sp³-hybridized carbons (Fsp3) is 0.136.